The number of nitrogens with zero attached hydrogens (tertiary/aromatic N) is 2. The minimum Gasteiger partial charge on any atom is -0.858 e. The van der Waals surface area contributed by atoms with Crippen LogP contribution in [-0.4, -0.2) is 24.8 Å². The second kappa shape index (κ2) is 7.12. The lowest BCUT2D eigenvalue weighted by atomic mass is 10.1. The predicted molar refractivity (Wildman–Crippen MR) is 96.6 cm³/mol. The third kappa shape index (κ3) is 4.79. The van der Waals surface area contributed by atoms with Crippen molar-refractivity contribution < 1.29 is 18.4 Å². The summed E-state index contributed by atoms with van der Waals surface area (Å²) in [5, 5.41) is 23.0. The van der Waals surface area contributed by atoms with Crippen molar-refractivity contribution in [2.24, 2.45) is 4.99 Å². The van der Waals surface area contributed by atoms with Crippen molar-refractivity contribution >= 4 is 27.3 Å². The Bertz CT molecular complexity index is 945. The van der Waals surface area contributed by atoms with Crippen LogP contribution >= 0.6 is 0 Å². The maximum atomic E-state index is 12.5. The van der Waals surface area contributed by atoms with E-state index >= 15 is 0 Å². The Hall–Kier alpha value is -2.94. The highest BCUT2D eigenvalue weighted by Gasteiger charge is 2.18. The van der Waals surface area contributed by atoms with Crippen molar-refractivity contribution in [3.63, 3.8) is 0 Å². The van der Waals surface area contributed by atoms with Gasteiger partial charge in [-0.05, 0) is 44.9 Å². The van der Waals surface area contributed by atoms with Crippen molar-refractivity contribution in [2.45, 2.75) is 31.2 Å². The molecule has 2 aromatic rings. The van der Waals surface area contributed by atoms with E-state index in [1.807, 2.05) is 0 Å². The minimum absolute atomic E-state index is 0.0869. The number of hydrogen-bond donors (Lipinski definition) is 1. The van der Waals surface area contributed by atoms with Gasteiger partial charge < -0.3 is 5.11 Å². The van der Waals surface area contributed by atoms with Gasteiger partial charge in [-0.1, -0.05) is 18.2 Å². The molecule has 0 aromatic heterocycles. The van der Waals surface area contributed by atoms with E-state index in [-0.39, 0.29) is 21.8 Å². The van der Waals surface area contributed by atoms with Gasteiger partial charge in [-0.25, -0.2) is 8.42 Å². The summed E-state index contributed by atoms with van der Waals surface area (Å²) in [5.41, 5.74) is -0.623. The molecule has 1 N–H and O–H groups in total. The second-order valence-electron chi connectivity index (χ2n) is 6.49. The topological polar surface area (TPSA) is 125 Å². The average molecular weight is 376 g/mol. The third-order valence-electron chi connectivity index (χ3n) is 3.20. The summed E-state index contributed by atoms with van der Waals surface area (Å²) in [4.78, 5) is 13.9. The number of nitro groups is 1. The molecule has 0 radical (unpaired) electrons. The van der Waals surface area contributed by atoms with Gasteiger partial charge in [0.1, 0.15) is 0 Å². The van der Waals surface area contributed by atoms with E-state index in [1.54, 1.807) is 32.9 Å². The lowest BCUT2D eigenvalue weighted by molar-refractivity contribution is -0.384. The predicted octanol–water partition coefficient (Wildman–Crippen LogP) is 2.30. The molecule has 138 valence electrons. The fourth-order valence-electron chi connectivity index (χ4n) is 2.07. The van der Waals surface area contributed by atoms with Crippen LogP contribution in [-0.2, 0) is 10.0 Å². The highest BCUT2D eigenvalue weighted by molar-refractivity contribution is 7.92. The Morgan fingerprint density at radius 3 is 2.19 bits per heavy atom. The van der Waals surface area contributed by atoms with Gasteiger partial charge in [-0.3, -0.25) is 19.8 Å². The number of nitro benzene ring substituents is 1. The number of anilines is 1. The number of sulfonamides is 1. The maximum Gasteiger partial charge on any atom is 0.269 e. The fourth-order valence-corrected chi connectivity index (χ4v) is 3.15. The molecule has 9 heteroatoms. The number of non-ortho nitro benzene ring substituents is 1. The Labute approximate surface area is 151 Å². The van der Waals surface area contributed by atoms with E-state index in [1.165, 1.54) is 12.1 Å². The SMILES string of the molecule is CC(C)(C)N=C([O-])c1ccccc1NS(=O)(=O)c1ccc([N+](=O)[O-])cc1. The standard InChI is InChI=1S/C17H19N3O5S/c1-17(2,3)18-16(21)14-6-4-5-7-15(14)19-26(24,25)13-10-8-12(9-11-13)20(22)23/h4-11,19H,1-3H3,(H,18,21)/p-1. The summed E-state index contributed by atoms with van der Waals surface area (Å²) < 4.78 is 27.4. The van der Waals surface area contributed by atoms with Crippen molar-refractivity contribution in [2.75, 3.05) is 4.72 Å². The van der Waals surface area contributed by atoms with Crippen LogP contribution in [0.15, 0.2) is 58.4 Å². The lowest BCUT2D eigenvalue weighted by Crippen LogP contribution is -2.26. The van der Waals surface area contributed by atoms with Crippen molar-refractivity contribution in [3.8, 4) is 0 Å². The smallest absolute Gasteiger partial charge is 0.269 e. The summed E-state index contributed by atoms with van der Waals surface area (Å²) in [6.45, 7) is 5.28. The largest absolute Gasteiger partial charge is 0.858 e. The summed E-state index contributed by atoms with van der Waals surface area (Å²) in [6.07, 6.45) is 0. The third-order valence-corrected chi connectivity index (χ3v) is 4.58. The van der Waals surface area contributed by atoms with Gasteiger partial charge in [0, 0.05) is 17.7 Å². The molecule has 8 nitrogen and oxygen atoms in total. The van der Waals surface area contributed by atoms with E-state index in [2.05, 4.69) is 9.71 Å². The molecule has 2 aromatic carbocycles. The monoisotopic (exact) mass is 376 g/mol. The molecule has 0 fully saturated rings. The first-order chi connectivity index (χ1) is 12.0. The fraction of sp³-hybridized carbons (Fsp3) is 0.235. The molecule has 0 aliphatic carbocycles. The van der Waals surface area contributed by atoms with Gasteiger partial charge in [0.2, 0.25) is 0 Å². The van der Waals surface area contributed by atoms with E-state index in [4.69, 9.17) is 0 Å². The van der Waals surface area contributed by atoms with Gasteiger partial charge in [0.05, 0.1) is 21.0 Å². The molecule has 2 rings (SSSR count). The zero-order chi connectivity index (χ0) is 19.5. The van der Waals surface area contributed by atoms with E-state index in [0.29, 0.717) is 0 Å². The van der Waals surface area contributed by atoms with Gasteiger partial charge in [-0.15, -0.1) is 0 Å². The molecule has 0 aliphatic rings. The van der Waals surface area contributed by atoms with Crippen molar-refractivity contribution in [1.82, 2.24) is 0 Å². The van der Waals surface area contributed by atoms with E-state index < -0.39 is 26.4 Å². The average Bonchev–Trinajstić information content (AvgIpc) is 2.53. The molecule has 0 heterocycles. The summed E-state index contributed by atoms with van der Waals surface area (Å²) in [5.74, 6) is -0.542. The highest BCUT2D eigenvalue weighted by Crippen LogP contribution is 2.22. The quantitative estimate of drug-likeness (QED) is 0.371. The minimum atomic E-state index is -4.02. The van der Waals surface area contributed by atoms with E-state index in [9.17, 15) is 23.6 Å². The second-order valence-corrected chi connectivity index (χ2v) is 8.17. The van der Waals surface area contributed by atoms with Crippen LogP contribution in [0.4, 0.5) is 11.4 Å². The zero-order valence-electron chi connectivity index (χ0n) is 14.5. The molecule has 0 amide bonds. The first kappa shape index (κ1) is 19.4. The Balaban J connectivity index is 2.39. The van der Waals surface area contributed by atoms with Crippen molar-refractivity contribution in [3.05, 3.63) is 64.2 Å². The van der Waals surface area contributed by atoms with Crippen LogP contribution in [0, 0.1) is 10.1 Å². The molecular weight excluding hydrogens is 358 g/mol. The number of hydrogen-bond acceptors (Lipinski definition) is 6. The van der Waals surface area contributed by atoms with E-state index in [0.717, 1.165) is 24.3 Å². The normalized spacial score (nSPS) is 12.7. The molecule has 0 saturated heterocycles. The molecule has 0 saturated carbocycles. The number of nitrogens with one attached hydrogen (secondary N) is 1. The first-order valence-corrected chi connectivity index (χ1v) is 9.11. The van der Waals surface area contributed by atoms with Gasteiger partial charge in [-0.2, -0.15) is 0 Å². The summed E-state index contributed by atoms with van der Waals surface area (Å²) in [7, 11) is -4.02. The van der Waals surface area contributed by atoms with Gasteiger partial charge in [0.15, 0.2) is 0 Å². The maximum absolute atomic E-state index is 12.5. The van der Waals surface area contributed by atoms with Crippen LogP contribution in [0.2, 0.25) is 0 Å². The van der Waals surface area contributed by atoms with Crippen LogP contribution in [0.1, 0.15) is 26.3 Å². The Morgan fingerprint density at radius 2 is 1.65 bits per heavy atom. The number of aliphatic imine (C=N–C) groups is 1. The Morgan fingerprint density at radius 1 is 1.08 bits per heavy atom. The van der Waals surface area contributed by atoms with Crippen LogP contribution < -0.4 is 9.83 Å². The summed E-state index contributed by atoms with van der Waals surface area (Å²) >= 11 is 0. The highest BCUT2D eigenvalue weighted by atomic mass is 32.2. The molecule has 0 spiro atoms. The molecule has 0 aliphatic heterocycles. The van der Waals surface area contributed by atoms with Crippen LogP contribution in [0.5, 0.6) is 0 Å². The molecular formula is C17H18N3O5S-. The Kier molecular flexibility index (Phi) is 5.31. The number of benzene rings is 2. The first-order valence-electron chi connectivity index (χ1n) is 7.63. The molecule has 0 bridgehead atoms. The number of para-hydroxylation sites is 1. The lowest BCUT2D eigenvalue weighted by Gasteiger charge is -2.21. The molecule has 26 heavy (non-hydrogen) atoms. The summed E-state index contributed by atoms with van der Waals surface area (Å²) in [6, 6.07) is 10.6. The molecule has 0 atom stereocenters. The zero-order valence-corrected chi connectivity index (χ0v) is 15.3. The van der Waals surface area contributed by atoms with Crippen molar-refractivity contribution in [1.29, 1.82) is 0 Å². The molecule has 0 unspecified atom stereocenters. The number of rotatable bonds is 5. The van der Waals surface area contributed by atoms with Gasteiger partial charge in [0.25, 0.3) is 15.7 Å². The van der Waals surface area contributed by atoms with Gasteiger partial charge >= 0.3 is 0 Å². The van der Waals surface area contributed by atoms with Crippen LogP contribution in [0.3, 0.4) is 0 Å². The van der Waals surface area contributed by atoms with Crippen LogP contribution in [0.25, 0.3) is 0 Å².